The fraction of sp³-hybridized carbons (Fsp3) is 0.111. The van der Waals surface area contributed by atoms with Gasteiger partial charge < -0.3 is 19.5 Å². The van der Waals surface area contributed by atoms with E-state index in [1.807, 2.05) is 24.3 Å². The lowest BCUT2D eigenvalue weighted by Gasteiger charge is -2.14. The highest BCUT2D eigenvalue weighted by Crippen LogP contribution is 2.36. The molecule has 0 radical (unpaired) electrons. The molecule has 0 bridgehead atoms. The van der Waals surface area contributed by atoms with Gasteiger partial charge in [-0.25, -0.2) is 4.98 Å². The normalized spacial score (nSPS) is 14.1. The zero-order chi connectivity index (χ0) is 27.4. The number of carbonyl (C=O) groups is 2. The third kappa shape index (κ3) is 6.14. The van der Waals surface area contributed by atoms with Crippen LogP contribution in [0.4, 0.5) is 10.8 Å². The summed E-state index contributed by atoms with van der Waals surface area (Å²) in [6.45, 7) is -0.210. The fourth-order valence-corrected chi connectivity index (χ4v) is 5.67. The molecule has 4 aromatic rings. The van der Waals surface area contributed by atoms with Crippen LogP contribution in [0, 0.1) is 0 Å². The number of ether oxygens (including phenoxy) is 3. The van der Waals surface area contributed by atoms with Gasteiger partial charge in [-0.1, -0.05) is 41.3 Å². The molecule has 1 aliphatic heterocycles. The van der Waals surface area contributed by atoms with Crippen LogP contribution in [0.1, 0.15) is 5.56 Å². The van der Waals surface area contributed by atoms with E-state index in [2.05, 4.69) is 15.7 Å². The summed E-state index contributed by atoms with van der Waals surface area (Å²) in [6, 6.07) is 19.9. The standard InChI is InChI=1S/C27H22N4O5S3/c1-34-18-10-8-17(9-11-18)28-24(32)15-36-20-12-7-16(13-21(20)35-2)14-23-25(33)31(27(37)39-23)30-26-29-19-5-3-4-6-22(19)38-26/h3-14H,15H2,1-2H3,(H,28,32)(H,29,30)/b23-14-. The van der Waals surface area contributed by atoms with E-state index in [0.717, 1.165) is 10.2 Å². The molecule has 0 unspecified atom stereocenters. The van der Waals surface area contributed by atoms with Crippen LogP contribution in [0.3, 0.4) is 0 Å². The number of aromatic nitrogens is 1. The van der Waals surface area contributed by atoms with Crippen molar-refractivity contribution < 1.29 is 23.8 Å². The number of nitrogens with zero attached hydrogens (tertiary/aromatic N) is 2. The van der Waals surface area contributed by atoms with Gasteiger partial charge in [-0.3, -0.25) is 15.0 Å². The number of benzene rings is 3. The SMILES string of the molecule is COc1ccc(NC(=O)COc2ccc(/C=C3\SC(=S)N(Nc4nc5ccccc5s4)C3=O)cc2OC)cc1. The summed E-state index contributed by atoms with van der Waals surface area (Å²) in [5.74, 6) is 0.906. The molecule has 1 aliphatic rings. The fourth-order valence-electron chi connectivity index (χ4n) is 3.64. The average molecular weight is 579 g/mol. The molecule has 0 spiro atoms. The highest BCUT2D eigenvalue weighted by atomic mass is 32.2. The van der Waals surface area contributed by atoms with Crippen LogP contribution in [-0.2, 0) is 9.59 Å². The van der Waals surface area contributed by atoms with Crippen LogP contribution in [0.25, 0.3) is 16.3 Å². The van der Waals surface area contributed by atoms with Gasteiger partial charge in [-0.15, -0.1) is 0 Å². The summed E-state index contributed by atoms with van der Waals surface area (Å²) in [5, 5.41) is 4.66. The lowest BCUT2D eigenvalue weighted by Crippen LogP contribution is -2.33. The highest BCUT2D eigenvalue weighted by molar-refractivity contribution is 8.26. The lowest BCUT2D eigenvalue weighted by atomic mass is 10.2. The Kier molecular flexibility index (Phi) is 7.96. The number of hydrogen-bond acceptors (Lipinski definition) is 10. The maximum absolute atomic E-state index is 13.1. The Balaban J connectivity index is 1.23. The average Bonchev–Trinajstić information content (AvgIpc) is 3.48. The molecule has 2 heterocycles. The lowest BCUT2D eigenvalue weighted by molar-refractivity contribution is -0.121. The van der Waals surface area contributed by atoms with Crippen LogP contribution in [0.5, 0.6) is 17.2 Å². The summed E-state index contributed by atoms with van der Waals surface area (Å²) in [6.07, 6.45) is 1.72. The minimum Gasteiger partial charge on any atom is -0.497 e. The van der Waals surface area contributed by atoms with Gasteiger partial charge in [0.15, 0.2) is 22.4 Å². The molecule has 198 valence electrons. The monoisotopic (exact) mass is 578 g/mol. The number of para-hydroxylation sites is 1. The maximum Gasteiger partial charge on any atom is 0.285 e. The predicted octanol–water partition coefficient (Wildman–Crippen LogP) is 5.56. The van der Waals surface area contributed by atoms with Crippen molar-refractivity contribution in [3.05, 3.63) is 77.2 Å². The number of hydrazine groups is 1. The van der Waals surface area contributed by atoms with Crippen LogP contribution in [0.15, 0.2) is 71.6 Å². The molecule has 1 aromatic heterocycles. The van der Waals surface area contributed by atoms with Crippen molar-refractivity contribution in [2.24, 2.45) is 0 Å². The molecule has 0 atom stereocenters. The van der Waals surface area contributed by atoms with Crippen LogP contribution in [-0.4, -0.2) is 47.0 Å². The number of hydrogen-bond donors (Lipinski definition) is 2. The van der Waals surface area contributed by atoms with E-state index in [0.29, 0.717) is 42.9 Å². The first-order valence-corrected chi connectivity index (χ1v) is 13.6. The van der Waals surface area contributed by atoms with Crippen molar-refractivity contribution in [1.82, 2.24) is 9.99 Å². The number of rotatable bonds is 9. The van der Waals surface area contributed by atoms with Gasteiger partial charge in [0.1, 0.15) is 5.75 Å². The first-order valence-electron chi connectivity index (χ1n) is 11.6. The molecule has 12 heteroatoms. The summed E-state index contributed by atoms with van der Waals surface area (Å²) in [4.78, 5) is 30.4. The third-order valence-electron chi connectivity index (χ3n) is 5.51. The number of amides is 2. The second-order valence-electron chi connectivity index (χ2n) is 8.09. The first-order chi connectivity index (χ1) is 18.9. The number of thiazole rings is 1. The molecule has 2 amide bonds. The zero-order valence-electron chi connectivity index (χ0n) is 20.8. The molecule has 3 aromatic carbocycles. The van der Waals surface area contributed by atoms with Crippen LogP contribution in [0.2, 0.25) is 0 Å². The molecule has 2 N–H and O–H groups in total. The van der Waals surface area contributed by atoms with Gasteiger partial charge in [0, 0.05) is 5.69 Å². The molecule has 39 heavy (non-hydrogen) atoms. The highest BCUT2D eigenvalue weighted by Gasteiger charge is 2.33. The Labute approximate surface area is 237 Å². The minimum absolute atomic E-state index is 0.210. The number of thiocarbonyl (C=S) groups is 1. The number of fused-ring (bicyclic) bond motifs is 1. The van der Waals surface area contributed by atoms with Crippen molar-refractivity contribution in [2.75, 3.05) is 31.6 Å². The van der Waals surface area contributed by atoms with Crippen molar-refractivity contribution in [2.45, 2.75) is 0 Å². The predicted molar refractivity (Wildman–Crippen MR) is 158 cm³/mol. The number of anilines is 2. The molecule has 0 saturated carbocycles. The zero-order valence-corrected chi connectivity index (χ0v) is 23.2. The minimum atomic E-state index is -0.324. The molecule has 1 saturated heterocycles. The van der Waals surface area contributed by atoms with Crippen LogP contribution < -0.4 is 25.0 Å². The van der Waals surface area contributed by atoms with Gasteiger partial charge in [0.05, 0.1) is 29.3 Å². The van der Waals surface area contributed by atoms with Crippen LogP contribution >= 0.6 is 35.3 Å². The van der Waals surface area contributed by atoms with E-state index in [1.165, 1.54) is 35.2 Å². The van der Waals surface area contributed by atoms with E-state index in [9.17, 15) is 9.59 Å². The van der Waals surface area contributed by atoms with E-state index in [-0.39, 0.29) is 18.4 Å². The summed E-state index contributed by atoms with van der Waals surface area (Å²) in [5.41, 5.74) is 5.21. The summed E-state index contributed by atoms with van der Waals surface area (Å²) < 4.78 is 17.6. The molecule has 1 fully saturated rings. The van der Waals surface area contributed by atoms with E-state index < -0.39 is 0 Å². The molecule has 5 rings (SSSR count). The Morgan fingerprint density at radius 2 is 1.85 bits per heavy atom. The van der Waals surface area contributed by atoms with Gasteiger partial charge >= 0.3 is 0 Å². The van der Waals surface area contributed by atoms with Gasteiger partial charge in [-0.2, -0.15) is 5.01 Å². The second-order valence-corrected chi connectivity index (χ2v) is 10.8. The smallest absolute Gasteiger partial charge is 0.285 e. The number of nitrogens with one attached hydrogen (secondary N) is 2. The first kappa shape index (κ1) is 26.5. The Bertz CT molecular complexity index is 1550. The van der Waals surface area contributed by atoms with Crippen molar-refractivity contribution in [1.29, 1.82) is 0 Å². The Hall–Kier alpha value is -4.13. The molecular formula is C27H22N4O5S3. The van der Waals surface area contributed by atoms with Gasteiger partial charge in [0.25, 0.3) is 11.8 Å². The molecule has 9 nitrogen and oxygen atoms in total. The number of methoxy groups -OCH3 is 2. The van der Waals surface area contributed by atoms with Gasteiger partial charge in [0.2, 0.25) is 5.13 Å². The Morgan fingerprint density at radius 3 is 2.59 bits per heavy atom. The molecular weight excluding hydrogens is 557 g/mol. The van der Waals surface area contributed by atoms with E-state index in [1.54, 1.807) is 55.7 Å². The topological polar surface area (TPSA) is 102 Å². The summed E-state index contributed by atoms with van der Waals surface area (Å²) >= 11 is 8.06. The van der Waals surface area contributed by atoms with Crippen molar-refractivity contribution >= 4 is 78.6 Å². The Morgan fingerprint density at radius 1 is 1.05 bits per heavy atom. The van der Waals surface area contributed by atoms with Crippen molar-refractivity contribution in [3.8, 4) is 17.2 Å². The van der Waals surface area contributed by atoms with Gasteiger partial charge in [-0.05, 0) is 72.4 Å². The number of thioether (sulfide) groups is 1. The second kappa shape index (κ2) is 11.7. The van der Waals surface area contributed by atoms with E-state index in [4.69, 9.17) is 26.4 Å². The quantitative estimate of drug-likeness (QED) is 0.195. The number of carbonyl (C=O) groups excluding carboxylic acids is 2. The summed E-state index contributed by atoms with van der Waals surface area (Å²) in [7, 11) is 3.08. The largest absolute Gasteiger partial charge is 0.497 e. The molecule has 0 aliphatic carbocycles. The van der Waals surface area contributed by atoms with Crippen molar-refractivity contribution in [3.63, 3.8) is 0 Å². The maximum atomic E-state index is 13.1. The third-order valence-corrected chi connectivity index (χ3v) is 7.76. The van der Waals surface area contributed by atoms with E-state index >= 15 is 0 Å².